The number of methoxy groups -OCH3 is 1. The van der Waals surface area contributed by atoms with E-state index < -0.39 is 0 Å². The van der Waals surface area contributed by atoms with Crippen LogP contribution in [0.2, 0.25) is 5.02 Å². The van der Waals surface area contributed by atoms with Gasteiger partial charge in [0.05, 0.1) is 12.8 Å². The van der Waals surface area contributed by atoms with E-state index in [0.717, 1.165) is 5.69 Å². The van der Waals surface area contributed by atoms with Crippen molar-refractivity contribution in [2.45, 2.75) is 0 Å². The largest absolute Gasteiger partial charge is 0.495 e. The van der Waals surface area contributed by atoms with Crippen LogP contribution in [-0.2, 0) is 0 Å². The fourth-order valence-electron chi connectivity index (χ4n) is 1.36. The van der Waals surface area contributed by atoms with E-state index in [1.807, 2.05) is 0 Å². The van der Waals surface area contributed by atoms with Crippen LogP contribution < -0.4 is 15.8 Å². The van der Waals surface area contributed by atoms with Crippen LogP contribution in [0.3, 0.4) is 0 Å². The summed E-state index contributed by atoms with van der Waals surface area (Å²) in [5.74, 6) is 1.46. The summed E-state index contributed by atoms with van der Waals surface area (Å²) in [5.41, 5.74) is 6.21. The second-order valence-corrected chi connectivity index (χ2v) is 3.71. The number of rotatable bonds is 3. The van der Waals surface area contributed by atoms with E-state index in [-0.39, 0.29) is 5.95 Å². The molecule has 2 rings (SSSR count). The Morgan fingerprint density at radius 3 is 2.88 bits per heavy atom. The van der Waals surface area contributed by atoms with Crippen molar-refractivity contribution in [1.29, 1.82) is 0 Å². The highest BCUT2D eigenvalue weighted by Crippen LogP contribution is 2.29. The van der Waals surface area contributed by atoms with Gasteiger partial charge in [-0.2, -0.15) is 4.98 Å². The van der Waals surface area contributed by atoms with Gasteiger partial charge in [0.1, 0.15) is 11.6 Å². The number of nitrogens with two attached hydrogens (primary N) is 1. The number of nitrogens with zero attached hydrogens (tertiary/aromatic N) is 2. The van der Waals surface area contributed by atoms with Gasteiger partial charge in [0.15, 0.2) is 0 Å². The molecule has 0 bridgehead atoms. The number of hydrogen-bond donors (Lipinski definition) is 2. The Morgan fingerprint density at radius 2 is 2.18 bits per heavy atom. The van der Waals surface area contributed by atoms with Gasteiger partial charge in [-0.3, -0.25) is 0 Å². The van der Waals surface area contributed by atoms with E-state index >= 15 is 0 Å². The van der Waals surface area contributed by atoms with Gasteiger partial charge in [0.2, 0.25) is 5.95 Å². The molecule has 0 atom stereocenters. The molecule has 88 valence electrons. The summed E-state index contributed by atoms with van der Waals surface area (Å²) in [5, 5.41) is 3.67. The minimum atomic E-state index is 0.205. The predicted octanol–water partition coefficient (Wildman–Crippen LogP) is 2.46. The number of halogens is 1. The lowest BCUT2D eigenvalue weighted by molar-refractivity contribution is 0.417. The van der Waals surface area contributed by atoms with Crippen molar-refractivity contribution in [3.8, 4) is 5.75 Å². The highest BCUT2D eigenvalue weighted by molar-refractivity contribution is 6.31. The summed E-state index contributed by atoms with van der Waals surface area (Å²) in [6.07, 6.45) is 1.57. The summed E-state index contributed by atoms with van der Waals surface area (Å²) >= 11 is 5.92. The maximum absolute atomic E-state index is 5.92. The van der Waals surface area contributed by atoms with Crippen LogP contribution in [-0.4, -0.2) is 17.1 Å². The van der Waals surface area contributed by atoms with Crippen molar-refractivity contribution in [3.05, 3.63) is 35.5 Å². The van der Waals surface area contributed by atoms with Crippen LogP contribution in [0.1, 0.15) is 0 Å². The Balaban J connectivity index is 2.32. The monoisotopic (exact) mass is 250 g/mol. The number of anilines is 3. The van der Waals surface area contributed by atoms with Gasteiger partial charge < -0.3 is 15.8 Å². The third kappa shape index (κ3) is 2.76. The molecule has 1 aromatic heterocycles. The minimum absolute atomic E-state index is 0.205. The van der Waals surface area contributed by atoms with E-state index in [0.29, 0.717) is 16.6 Å². The van der Waals surface area contributed by atoms with E-state index in [9.17, 15) is 0 Å². The Hall–Kier alpha value is -2.01. The number of aromatic nitrogens is 2. The van der Waals surface area contributed by atoms with Crippen LogP contribution in [0.15, 0.2) is 30.5 Å². The number of nitrogens with one attached hydrogen (secondary N) is 1. The highest BCUT2D eigenvalue weighted by atomic mass is 35.5. The quantitative estimate of drug-likeness (QED) is 0.875. The van der Waals surface area contributed by atoms with Crippen LogP contribution >= 0.6 is 11.6 Å². The first-order valence-corrected chi connectivity index (χ1v) is 5.26. The first-order chi connectivity index (χ1) is 8.19. The molecule has 2 aromatic rings. The fraction of sp³-hybridized carbons (Fsp3) is 0.0909. The molecule has 0 fully saturated rings. The lowest BCUT2D eigenvalue weighted by atomic mass is 10.3. The van der Waals surface area contributed by atoms with Gasteiger partial charge in [-0.05, 0) is 24.3 Å². The third-order valence-corrected chi connectivity index (χ3v) is 2.33. The first-order valence-electron chi connectivity index (χ1n) is 4.88. The molecule has 17 heavy (non-hydrogen) atoms. The molecule has 6 heteroatoms. The zero-order valence-corrected chi connectivity index (χ0v) is 9.90. The SMILES string of the molecule is COc1ccc(Cl)cc1Nc1ccnc(N)n1. The van der Waals surface area contributed by atoms with Gasteiger partial charge in [-0.25, -0.2) is 4.98 Å². The first kappa shape index (κ1) is 11.5. The Labute approximate surface area is 104 Å². The Morgan fingerprint density at radius 1 is 1.35 bits per heavy atom. The summed E-state index contributed by atoms with van der Waals surface area (Å²) < 4.78 is 5.21. The molecular formula is C11H11ClN4O. The predicted molar refractivity (Wildman–Crippen MR) is 67.7 cm³/mol. The van der Waals surface area contributed by atoms with E-state index in [1.54, 1.807) is 37.6 Å². The molecule has 0 amide bonds. The molecule has 0 saturated heterocycles. The summed E-state index contributed by atoms with van der Waals surface area (Å²) in [7, 11) is 1.59. The average molecular weight is 251 g/mol. The van der Waals surface area contributed by atoms with Crippen LogP contribution in [0.25, 0.3) is 0 Å². The standard InChI is InChI=1S/C11H11ClN4O/c1-17-9-3-2-7(12)6-8(9)15-10-4-5-14-11(13)16-10/h2-6H,1H3,(H3,13,14,15,16). The molecule has 1 heterocycles. The number of nitrogen functional groups attached to an aromatic ring is 1. The van der Waals surface area contributed by atoms with E-state index in [1.165, 1.54) is 0 Å². The highest BCUT2D eigenvalue weighted by Gasteiger charge is 2.05. The zero-order valence-electron chi connectivity index (χ0n) is 9.14. The van der Waals surface area contributed by atoms with Crippen molar-refractivity contribution < 1.29 is 4.74 Å². The maximum Gasteiger partial charge on any atom is 0.221 e. The Bertz CT molecular complexity index is 533. The summed E-state index contributed by atoms with van der Waals surface area (Å²) in [6, 6.07) is 6.98. The Kier molecular flexibility index (Phi) is 3.30. The number of ether oxygens (including phenoxy) is 1. The second-order valence-electron chi connectivity index (χ2n) is 3.27. The van der Waals surface area contributed by atoms with Crippen molar-refractivity contribution >= 4 is 29.1 Å². The summed E-state index contributed by atoms with van der Waals surface area (Å²) in [4.78, 5) is 7.84. The molecule has 0 aliphatic rings. The topological polar surface area (TPSA) is 73.1 Å². The van der Waals surface area contributed by atoms with Gasteiger partial charge >= 0.3 is 0 Å². The van der Waals surface area contributed by atoms with E-state index in [2.05, 4.69) is 15.3 Å². The lowest BCUT2D eigenvalue weighted by Crippen LogP contribution is -2.00. The summed E-state index contributed by atoms with van der Waals surface area (Å²) in [6.45, 7) is 0. The van der Waals surface area contributed by atoms with E-state index in [4.69, 9.17) is 22.1 Å². The normalized spacial score (nSPS) is 10.0. The molecule has 0 radical (unpaired) electrons. The van der Waals surface area contributed by atoms with Crippen molar-refractivity contribution in [1.82, 2.24) is 9.97 Å². The van der Waals surface area contributed by atoms with Gasteiger partial charge in [-0.15, -0.1) is 0 Å². The molecule has 0 saturated carbocycles. The fourth-order valence-corrected chi connectivity index (χ4v) is 1.53. The molecule has 3 N–H and O–H groups in total. The second kappa shape index (κ2) is 4.88. The number of benzene rings is 1. The zero-order chi connectivity index (χ0) is 12.3. The molecule has 1 aromatic carbocycles. The molecule has 5 nitrogen and oxygen atoms in total. The molecule has 0 unspecified atom stereocenters. The van der Waals surface area contributed by atoms with Crippen LogP contribution in [0, 0.1) is 0 Å². The lowest BCUT2D eigenvalue weighted by Gasteiger charge is -2.10. The van der Waals surface area contributed by atoms with Crippen molar-refractivity contribution in [3.63, 3.8) is 0 Å². The third-order valence-electron chi connectivity index (χ3n) is 2.10. The van der Waals surface area contributed by atoms with Crippen LogP contribution in [0.4, 0.5) is 17.5 Å². The van der Waals surface area contributed by atoms with Crippen molar-refractivity contribution in [2.24, 2.45) is 0 Å². The smallest absolute Gasteiger partial charge is 0.221 e. The molecule has 0 aliphatic carbocycles. The average Bonchev–Trinajstić information content (AvgIpc) is 2.29. The minimum Gasteiger partial charge on any atom is -0.495 e. The molecular weight excluding hydrogens is 240 g/mol. The van der Waals surface area contributed by atoms with Gasteiger partial charge in [-0.1, -0.05) is 11.6 Å². The van der Waals surface area contributed by atoms with Gasteiger partial charge in [0.25, 0.3) is 0 Å². The maximum atomic E-state index is 5.92. The van der Waals surface area contributed by atoms with Crippen molar-refractivity contribution in [2.75, 3.05) is 18.2 Å². The molecule has 0 spiro atoms. The van der Waals surface area contributed by atoms with Gasteiger partial charge in [0, 0.05) is 11.2 Å². The van der Waals surface area contributed by atoms with Crippen LogP contribution in [0.5, 0.6) is 5.75 Å². The number of hydrogen-bond acceptors (Lipinski definition) is 5. The molecule has 0 aliphatic heterocycles.